The maximum atomic E-state index is 12.0. The minimum atomic E-state index is -0.772. The normalized spacial score (nSPS) is 24.1. The molecule has 2 N–H and O–H groups in total. The molecule has 0 aromatic heterocycles. The van der Waals surface area contributed by atoms with Crippen molar-refractivity contribution in [1.82, 2.24) is 10.2 Å². The molecule has 0 spiro atoms. The third kappa shape index (κ3) is 6.44. The highest BCUT2D eigenvalue weighted by Crippen LogP contribution is 2.29. The van der Waals surface area contributed by atoms with Gasteiger partial charge in [0.25, 0.3) is 5.91 Å². The maximum Gasteiger partial charge on any atom is 0.320 e. The van der Waals surface area contributed by atoms with Crippen LogP contribution in [0.4, 0.5) is 0 Å². The van der Waals surface area contributed by atoms with Gasteiger partial charge in [0.1, 0.15) is 17.6 Å². The summed E-state index contributed by atoms with van der Waals surface area (Å²) in [5.74, 6) is 0.668. The Morgan fingerprint density at radius 3 is 2.38 bits per heavy atom. The van der Waals surface area contributed by atoms with Gasteiger partial charge in [0.05, 0.1) is 6.54 Å². The van der Waals surface area contributed by atoms with Crippen molar-refractivity contribution in [3.8, 4) is 5.75 Å². The van der Waals surface area contributed by atoms with Crippen molar-refractivity contribution in [2.75, 3.05) is 19.6 Å². The van der Waals surface area contributed by atoms with Gasteiger partial charge in [0.15, 0.2) is 6.10 Å². The molecule has 160 valence electrons. The molecule has 1 amide bonds. The molecular formula is C22H32N2O5. The Balaban J connectivity index is 1.46. The van der Waals surface area contributed by atoms with Crippen LogP contribution in [0.1, 0.15) is 57.9 Å². The lowest BCUT2D eigenvalue weighted by molar-refractivity contribution is -0.156. The molecule has 0 bridgehead atoms. The number of aliphatic hydroxyl groups excluding tert-OH is 1. The molecule has 2 saturated heterocycles. The first kappa shape index (κ1) is 21.6. The van der Waals surface area contributed by atoms with E-state index in [-0.39, 0.29) is 11.9 Å². The summed E-state index contributed by atoms with van der Waals surface area (Å²) in [6, 6.07) is 7.92. The number of esters is 1. The third-order valence-electron chi connectivity index (χ3n) is 5.29. The number of nitrogens with one attached hydrogen (secondary N) is 1. The van der Waals surface area contributed by atoms with E-state index in [2.05, 4.69) is 22.3 Å². The van der Waals surface area contributed by atoms with E-state index in [1.54, 1.807) is 0 Å². The van der Waals surface area contributed by atoms with Gasteiger partial charge in [-0.2, -0.15) is 0 Å². The number of carbonyl (C=O) groups excluding carboxylic acids is 2. The van der Waals surface area contributed by atoms with Crippen molar-refractivity contribution in [2.24, 2.45) is 0 Å². The Hall–Kier alpha value is -2.12. The van der Waals surface area contributed by atoms with E-state index >= 15 is 0 Å². The van der Waals surface area contributed by atoms with Crippen molar-refractivity contribution in [3.63, 3.8) is 0 Å². The van der Waals surface area contributed by atoms with Crippen molar-refractivity contribution in [2.45, 2.75) is 70.3 Å². The molecule has 7 heteroatoms. The molecule has 2 fully saturated rings. The molecule has 29 heavy (non-hydrogen) atoms. The average Bonchev–Trinajstić information content (AvgIpc) is 2.64. The first-order chi connectivity index (χ1) is 13.7. The Kier molecular flexibility index (Phi) is 6.80. The fourth-order valence-corrected chi connectivity index (χ4v) is 3.85. The number of likely N-dealkylation sites (tertiary alicyclic amines) is 1. The standard InChI is InChI=1S/C22H32N2O5/c1-22(2,3)29-20(26)14-24-12-10-16(11-13-24)15-4-6-17(7-5-15)28-18-8-9-19(25)23-21(18)27/h4-7,16,18-19,25H,8-14H2,1-3H3,(H,23,27). The first-order valence-electron chi connectivity index (χ1n) is 10.4. The van der Waals surface area contributed by atoms with Gasteiger partial charge >= 0.3 is 5.97 Å². The zero-order valence-corrected chi connectivity index (χ0v) is 17.5. The number of rotatable bonds is 5. The Bertz CT molecular complexity index is 705. The number of hydrogen-bond acceptors (Lipinski definition) is 6. The minimum absolute atomic E-state index is 0.170. The molecule has 0 saturated carbocycles. The minimum Gasteiger partial charge on any atom is -0.481 e. The van der Waals surface area contributed by atoms with Crippen LogP contribution in [-0.4, -0.2) is 59.5 Å². The van der Waals surface area contributed by atoms with E-state index in [0.717, 1.165) is 25.9 Å². The number of benzene rings is 1. The van der Waals surface area contributed by atoms with Gasteiger partial charge in [-0.25, -0.2) is 0 Å². The van der Waals surface area contributed by atoms with Crippen molar-refractivity contribution >= 4 is 11.9 Å². The summed E-state index contributed by atoms with van der Waals surface area (Å²) in [5, 5.41) is 11.9. The van der Waals surface area contributed by atoms with Crippen LogP contribution in [-0.2, 0) is 14.3 Å². The highest BCUT2D eigenvalue weighted by Gasteiger charge is 2.28. The van der Waals surface area contributed by atoms with Crippen LogP contribution in [0.3, 0.4) is 0 Å². The number of piperidine rings is 2. The number of ether oxygens (including phenoxy) is 2. The van der Waals surface area contributed by atoms with Crippen molar-refractivity contribution in [1.29, 1.82) is 0 Å². The summed E-state index contributed by atoms with van der Waals surface area (Å²) in [6.45, 7) is 7.73. The summed E-state index contributed by atoms with van der Waals surface area (Å²) in [5.41, 5.74) is 0.801. The van der Waals surface area contributed by atoms with Gasteiger partial charge < -0.3 is 19.9 Å². The van der Waals surface area contributed by atoms with E-state index < -0.39 is 17.9 Å². The monoisotopic (exact) mass is 404 g/mol. The largest absolute Gasteiger partial charge is 0.481 e. The Labute approximate surface area is 172 Å². The summed E-state index contributed by atoms with van der Waals surface area (Å²) in [6.07, 6.45) is 1.66. The molecule has 1 aromatic carbocycles. The Morgan fingerprint density at radius 2 is 1.79 bits per heavy atom. The van der Waals surface area contributed by atoms with Gasteiger partial charge in [-0.1, -0.05) is 12.1 Å². The third-order valence-corrected chi connectivity index (χ3v) is 5.29. The summed E-state index contributed by atoms with van der Waals surface area (Å²) in [7, 11) is 0. The lowest BCUT2D eigenvalue weighted by Gasteiger charge is -2.32. The highest BCUT2D eigenvalue weighted by atomic mass is 16.6. The van der Waals surface area contributed by atoms with Gasteiger partial charge in [-0.05, 0) is 83.2 Å². The molecule has 1 aromatic rings. The second-order valence-corrected chi connectivity index (χ2v) is 8.91. The molecule has 2 aliphatic heterocycles. The number of carbonyl (C=O) groups is 2. The summed E-state index contributed by atoms with van der Waals surface area (Å²) in [4.78, 5) is 26.0. The van der Waals surface area contributed by atoms with Gasteiger partial charge in [0.2, 0.25) is 0 Å². The second kappa shape index (κ2) is 9.13. The molecule has 0 radical (unpaired) electrons. The summed E-state index contributed by atoms with van der Waals surface area (Å²) >= 11 is 0. The quantitative estimate of drug-likeness (QED) is 0.732. The van der Waals surface area contributed by atoms with Gasteiger partial charge in [0, 0.05) is 0 Å². The van der Waals surface area contributed by atoms with E-state index in [9.17, 15) is 14.7 Å². The van der Waals surface area contributed by atoms with Crippen LogP contribution in [0.15, 0.2) is 24.3 Å². The fraction of sp³-hybridized carbons (Fsp3) is 0.636. The van der Waals surface area contributed by atoms with Crippen LogP contribution in [0, 0.1) is 0 Å². The van der Waals surface area contributed by atoms with Crippen molar-refractivity contribution < 1.29 is 24.2 Å². The smallest absolute Gasteiger partial charge is 0.320 e. The molecule has 3 rings (SSSR count). The van der Waals surface area contributed by atoms with Gasteiger partial charge in [-0.3, -0.25) is 14.5 Å². The number of aliphatic hydroxyl groups is 1. The van der Waals surface area contributed by atoms with Crippen LogP contribution in [0.5, 0.6) is 5.75 Å². The van der Waals surface area contributed by atoms with E-state index in [0.29, 0.717) is 31.1 Å². The number of amides is 1. The zero-order chi connectivity index (χ0) is 21.0. The van der Waals surface area contributed by atoms with Crippen LogP contribution in [0.25, 0.3) is 0 Å². The van der Waals surface area contributed by atoms with Crippen molar-refractivity contribution in [3.05, 3.63) is 29.8 Å². The molecule has 2 unspecified atom stereocenters. The molecule has 2 aliphatic rings. The summed E-state index contributed by atoms with van der Waals surface area (Å²) < 4.78 is 11.2. The molecule has 0 aliphatic carbocycles. The van der Waals surface area contributed by atoms with E-state index in [1.807, 2.05) is 32.9 Å². The first-order valence-corrected chi connectivity index (χ1v) is 10.4. The highest BCUT2D eigenvalue weighted by molar-refractivity contribution is 5.82. The molecular weight excluding hydrogens is 372 g/mol. The number of hydrogen-bond donors (Lipinski definition) is 2. The predicted molar refractivity (Wildman–Crippen MR) is 109 cm³/mol. The van der Waals surface area contributed by atoms with Crippen LogP contribution >= 0.6 is 0 Å². The lowest BCUT2D eigenvalue weighted by Crippen LogP contribution is -2.48. The van der Waals surface area contributed by atoms with E-state index in [1.165, 1.54) is 5.56 Å². The fourth-order valence-electron chi connectivity index (χ4n) is 3.85. The number of nitrogens with zero attached hydrogens (tertiary/aromatic N) is 1. The van der Waals surface area contributed by atoms with Crippen LogP contribution in [0.2, 0.25) is 0 Å². The van der Waals surface area contributed by atoms with Crippen LogP contribution < -0.4 is 10.1 Å². The molecule has 2 heterocycles. The van der Waals surface area contributed by atoms with E-state index in [4.69, 9.17) is 9.47 Å². The average molecular weight is 405 g/mol. The Morgan fingerprint density at radius 1 is 1.14 bits per heavy atom. The molecule has 2 atom stereocenters. The second-order valence-electron chi connectivity index (χ2n) is 8.91. The molecule has 7 nitrogen and oxygen atoms in total. The SMILES string of the molecule is CC(C)(C)OC(=O)CN1CCC(c2ccc(OC3CCC(O)NC3=O)cc2)CC1. The topological polar surface area (TPSA) is 88.1 Å². The predicted octanol–water partition coefficient (Wildman–Crippen LogP) is 2.18. The zero-order valence-electron chi connectivity index (χ0n) is 17.5. The lowest BCUT2D eigenvalue weighted by atomic mass is 9.89. The maximum absolute atomic E-state index is 12.0. The van der Waals surface area contributed by atoms with Gasteiger partial charge in [-0.15, -0.1) is 0 Å².